The second-order valence-corrected chi connectivity index (χ2v) is 29.4. The van der Waals surface area contributed by atoms with Gasteiger partial charge in [-0.2, -0.15) is 0 Å². The highest BCUT2D eigenvalue weighted by atomic mass is 31.2. The third-order valence-electron chi connectivity index (χ3n) is 16.6. The molecule has 0 fully saturated rings. The number of unbranched alkanes of at least 4 members (excludes halogenated alkanes) is 32. The number of carbonyl (C=O) groups excluding carboxylic acids is 3. The number of hydrogen-bond acceptors (Lipinski definition) is 14. The molecule has 0 aliphatic rings. The van der Waals surface area contributed by atoms with E-state index >= 15 is 0 Å². The van der Waals surface area contributed by atoms with Crippen LogP contribution in [0, 0.1) is 0 Å². The van der Waals surface area contributed by atoms with Crippen LogP contribution in [0.1, 0.15) is 329 Å². The molecule has 0 aliphatic carbocycles. The minimum atomic E-state index is -4.94. The first-order valence-electron chi connectivity index (χ1n) is 39.8. The van der Waals surface area contributed by atoms with Crippen molar-refractivity contribution >= 4 is 33.6 Å². The van der Waals surface area contributed by atoms with E-state index in [1.165, 1.54) is 109 Å². The predicted molar refractivity (Wildman–Crippen MR) is 417 cm³/mol. The van der Waals surface area contributed by atoms with Crippen LogP contribution < -0.4 is 0 Å². The highest BCUT2D eigenvalue weighted by Crippen LogP contribution is 2.45. The van der Waals surface area contributed by atoms with Crippen LogP contribution in [0.3, 0.4) is 0 Å². The summed E-state index contributed by atoms with van der Waals surface area (Å²) < 4.78 is 61.1. The molecule has 101 heavy (non-hydrogen) atoms. The number of phosphoric ester groups is 2. The first-order valence-corrected chi connectivity index (χ1v) is 42.8. The van der Waals surface area contributed by atoms with Gasteiger partial charge < -0.3 is 34.2 Å². The molecule has 0 radical (unpaired) electrons. The van der Waals surface area contributed by atoms with Crippen LogP contribution in [-0.4, -0.2) is 95.9 Å². The van der Waals surface area contributed by atoms with Crippen molar-refractivity contribution in [2.75, 3.05) is 39.6 Å². The maximum Gasteiger partial charge on any atom is 0.472 e. The van der Waals surface area contributed by atoms with E-state index in [0.29, 0.717) is 19.3 Å². The molecule has 18 heteroatoms. The molecule has 5 atom stereocenters. The molecule has 0 heterocycles. The summed E-state index contributed by atoms with van der Waals surface area (Å²) in [7, 11) is -9.79. The third kappa shape index (κ3) is 76.9. The summed E-state index contributed by atoms with van der Waals surface area (Å²) in [6, 6.07) is 0. The number of ether oxygens (including phenoxy) is 3. The molecule has 0 saturated heterocycles. The highest BCUT2D eigenvalue weighted by Gasteiger charge is 2.29. The molecule has 5 unspecified atom stereocenters. The van der Waals surface area contributed by atoms with Crippen LogP contribution >= 0.6 is 15.6 Å². The van der Waals surface area contributed by atoms with Crippen molar-refractivity contribution in [1.82, 2.24) is 0 Å². The van der Waals surface area contributed by atoms with Crippen molar-refractivity contribution in [1.29, 1.82) is 0 Å². The van der Waals surface area contributed by atoms with E-state index in [4.69, 9.17) is 32.3 Å². The Kier molecular flexibility index (Phi) is 72.6. The Balaban J connectivity index is 4.50. The van der Waals surface area contributed by atoms with Crippen LogP contribution in [0.15, 0.2) is 122 Å². The first kappa shape index (κ1) is 97.0. The van der Waals surface area contributed by atoms with Crippen LogP contribution in [0.5, 0.6) is 0 Å². The van der Waals surface area contributed by atoms with E-state index in [-0.39, 0.29) is 19.3 Å². The average Bonchev–Trinajstić information content (AvgIpc) is 0.957. The van der Waals surface area contributed by atoms with E-state index in [2.05, 4.69) is 142 Å². The van der Waals surface area contributed by atoms with Crippen LogP contribution in [0.4, 0.5) is 0 Å². The molecule has 4 N–H and O–H groups in total. The van der Waals surface area contributed by atoms with E-state index in [1.54, 1.807) is 0 Å². The van der Waals surface area contributed by atoms with E-state index in [9.17, 15) is 43.5 Å². The minimum Gasteiger partial charge on any atom is -0.463 e. The zero-order valence-electron chi connectivity index (χ0n) is 63.5. The van der Waals surface area contributed by atoms with Gasteiger partial charge in [0.05, 0.1) is 26.4 Å². The van der Waals surface area contributed by atoms with Crippen molar-refractivity contribution in [3.05, 3.63) is 122 Å². The Bertz CT molecular complexity index is 2320. The first-order chi connectivity index (χ1) is 49.2. The number of aliphatic hydroxyl groups excluding tert-OH is 2. The van der Waals surface area contributed by atoms with Crippen LogP contribution in [0.2, 0.25) is 0 Å². The highest BCUT2D eigenvalue weighted by molar-refractivity contribution is 7.47. The van der Waals surface area contributed by atoms with Gasteiger partial charge in [0.2, 0.25) is 0 Å². The lowest BCUT2D eigenvalue weighted by Crippen LogP contribution is -2.30. The standard InChI is InChI=1S/C83H144O16P2/c1-4-7-10-13-16-19-22-25-27-29-31-33-35-36-37-38-39-40-42-44-45-47-49-52-54-57-60-63-66-69-81(86)93-72-78(84)73-95-100(89,90)96-74-79(85)75-97-101(91,92)98-77-80(99-83(88)71-68-65-62-59-56-51-24-21-18-15-12-9-6-3)76-94-82(87)70-67-64-61-58-55-53-50-48-46-43-41-34-32-30-28-26-23-20-17-14-11-8-5-2/h12,15-17,19-21,24-28,31-34,36-37,43,46,78-80,84-85H,4-11,13-14,18,22-23,29-30,35,38-42,44-45,47-77H2,1-3H3,(H,89,90)(H,91,92)/b15-12-,19-16-,20-17-,24-21-,27-25-,28-26-,33-31-,34-32-,37-36-,46-43-. The van der Waals surface area contributed by atoms with E-state index in [0.717, 1.165) is 161 Å². The monoisotopic (exact) mass is 1460 g/mol. The fraction of sp³-hybridized carbons (Fsp3) is 0.723. The molecule has 0 aromatic rings. The van der Waals surface area contributed by atoms with Gasteiger partial charge in [-0.05, 0) is 135 Å². The normalized spacial score (nSPS) is 14.6. The van der Waals surface area contributed by atoms with E-state index < -0.39 is 91.5 Å². The maximum atomic E-state index is 12.9. The number of carbonyl (C=O) groups is 3. The summed E-state index contributed by atoms with van der Waals surface area (Å²) in [5.74, 6) is -1.60. The number of hydrogen-bond donors (Lipinski definition) is 4. The van der Waals surface area contributed by atoms with Gasteiger partial charge >= 0.3 is 33.6 Å². The Morgan fingerprint density at radius 1 is 0.277 bits per heavy atom. The van der Waals surface area contributed by atoms with Gasteiger partial charge in [0.1, 0.15) is 25.4 Å². The summed E-state index contributed by atoms with van der Waals surface area (Å²) in [4.78, 5) is 58.6. The van der Waals surface area contributed by atoms with Gasteiger partial charge in [-0.15, -0.1) is 0 Å². The molecule has 16 nitrogen and oxygen atoms in total. The number of rotatable bonds is 75. The van der Waals surface area contributed by atoms with Crippen molar-refractivity contribution < 1.29 is 75.8 Å². The molecular formula is C83H144O16P2. The lowest BCUT2D eigenvalue weighted by atomic mass is 10.0. The number of allylic oxidation sites excluding steroid dienone is 20. The van der Waals surface area contributed by atoms with Gasteiger partial charge in [0.25, 0.3) is 0 Å². The zero-order valence-corrected chi connectivity index (χ0v) is 65.3. The minimum absolute atomic E-state index is 0.0839. The zero-order chi connectivity index (χ0) is 73.7. The molecule has 0 rings (SSSR count). The second-order valence-electron chi connectivity index (χ2n) is 26.5. The van der Waals surface area contributed by atoms with Crippen molar-refractivity contribution in [3.8, 4) is 0 Å². The number of phosphoric acid groups is 2. The Hall–Kier alpha value is -4.05. The molecule has 0 bridgehead atoms. The molecule has 0 saturated carbocycles. The smallest absolute Gasteiger partial charge is 0.463 e. The molecule has 0 amide bonds. The van der Waals surface area contributed by atoms with Gasteiger partial charge in [0, 0.05) is 19.3 Å². The topological polar surface area (TPSA) is 231 Å². The Morgan fingerprint density at radius 3 is 0.822 bits per heavy atom. The maximum absolute atomic E-state index is 12.9. The summed E-state index contributed by atoms with van der Waals surface area (Å²) in [5, 5.41) is 20.6. The SMILES string of the molecule is CCC/C=C\C/C=C\CCCCCCCC(=O)OC(COC(=O)CCCCCCCCC/C=C\C/C=C\C/C=C\C/C=C\CCCCC)COP(=O)(O)OCC(O)COP(=O)(O)OCC(O)COC(=O)CCCCCCCCCCCCCCC/C=C\C/C=C\C/C=C\C/C=C\CCCCC. The van der Waals surface area contributed by atoms with Crippen molar-refractivity contribution in [3.63, 3.8) is 0 Å². The van der Waals surface area contributed by atoms with Crippen molar-refractivity contribution in [2.45, 2.75) is 347 Å². The number of esters is 3. The molecule has 0 aromatic heterocycles. The van der Waals surface area contributed by atoms with E-state index in [1.807, 2.05) is 0 Å². The van der Waals surface area contributed by atoms with Gasteiger partial charge in [-0.1, -0.05) is 296 Å². The second kappa shape index (κ2) is 75.6. The fourth-order valence-corrected chi connectivity index (χ4v) is 12.1. The fourth-order valence-electron chi connectivity index (χ4n) is 10.5. The Labute approximate surface area is 614 Å². The average molecular weight is 1460 g/mol. The summed E-state index contributed by atoms with van der Waals surface area (Å²) in [5.41, 5.74) is 0. The summed E-state index contributed by atoms with van der Waals surface area (Å²) in [6.45, 7) is 2.54. The lowest BCUT2D eigenvalue weighted by molar-refractivity contribution is -0.161. The van der Waals surface area contributed by atoms with Crippen LogP contribution in [-0.2, 0) is 55.8 Å². The molecule has 0 spiro atoms. The lowest BCUT2D eigenvalue weighted by Gasteiger charge is -2.21. The van der Waals surface area contributed by atoms with Crippen LogP contribution in [0.25, 0.3) is 0 Å². The molecule has 582 valence electrons. The molecular weight excluding hydrogens is 1310 g/mol. The summed E-state index contributed by atoms with van der Waals surface area (Å²) >= 11 is 0. The summed E-state index contributed by atoms with van der Waals surface area (Å²) in [6.07, 6.45) is 89.6. The quantitative estimate of drug-likeness (QED) is 0.0146. The van der Waals surface area contributed by atoms with Gasteiger partial charge in [-0.25, -0.2) is 9.13 Å². The Morgan fingerprint density at radius 2 is 0.515 bits per heavy atom. The van der Waals surface area contributed by atoms with Gasteiger partial charge in [0.15, 0.2) is 6.10 Å². The number of aliphatic hydroxyl groups is 2. The largest absolute Gasteiger partial charge is 0.472 e. The predicted octanol–water partition coefficient (Wildman–Crippen LogP) is 23.3. The molecule has 0 aliphatic heterocycles. The molecule has 0 aromatic carbocycles. The van der Waals surface area contributed by atoms with Gasteiger partial charge in [-0.3, -0.25) is 32.5 Å². The van der Waals surface area contributed by atoms with Crippen molar-refractivity contribution in [2.24, 2.45) is 0 Å². The third-order valence-corrected chi connectivity index (χ3v) is 18.5.